The Labute approximate surface area is 137 Å². The first-order valence-electron chi connectivity index (χ1n) is 7.70. The van der Waals surface area contributed by atoms with Gasteiger partial charge in [0.2, 0.25) is 5.91 Å². The molecular formula is C19H21N3O. The molecule has 0 saturated heterocycles. The zero-order chi connectivity index (χ0) is 16.4. The van der Waals surface area contributed by atoms with Gasteiger partial charge in [-0.25, -0.2) is 5.43 Å². The van der Waals surface area contributed by atoms with Crippen LogP contribution in [0.25, 0.3) is 11.8 Å². The van der Waals surface area contributed by atoms with Gasteiger partial charge in [-0.05, 0) is 17.7 Å². The molecule has 1 N–H and O–H groups in total. The molecule has 0 aromatic heterocycles. The second-order valence-electron chi connectivity index (χ2n) is 5.63. The molecule has 0 unspecified atom stereocenters. The molecule has 3 rings (SSSR count). The number of amides is 1. The number of hydrogen-bond donors (Lipinski definition) is 1. The summed E-state index contributed by atoms with van der Waals surface area (Å²) in [7, 11) is 3.89. The molecular weight excluding hydrogens is 286 g/mol. The van der Waals surface area contributed by atoms with Crippen LogP contribution in [0.1, 0.15) is 23.6 Å². The Morgan fingerprint density at radius 3 is 2.57 bits per heavy atom. The van der Waals surface area contributed by atoms with Gasteiger partial charge in [-0.1, -0.05) is 42.5 Å². The van der Waals surface area contributed by atoms with Crippen LogP contribution < -0.4 is 10.3 Å². The Hall–Kier alpha value is -2.59. The second-order valence-corrected chi connectivity index (χ2v) is 5.63. The summed E-state index contributed by atoms with van der Waals surface area (Å²) in [5.41, 5.74) is 8.49. The highest BCUT2D eigenvalue weighted by Crippen LogP contribution is 2.33. The molecule has 0 fully saturated rings. The molecule has 4 nitrogen and oxygen atoms in total. The predicted octanol–water partition coefficient (Wildman–Crippen LogP) is 3.12. The summed E-state index contributed by atoms with van der Waals surface area (Å²) in [6.07, 6.45) is 2.12. The fourth-order valence-corrected chi connectivity index (χ4v) is 2.92. The van der Waals surface area contributed by atoms with Crippen molar-refractivity contribution in [2.75, 3.05) is 19.0 Å². The minimum Gasteiger partial charge on any atom is -0.311 e. The number of anilines is 1. The maximum Gasteiger partial charge on any atom is 0.224 e. The third-order valence-corrected chi connectivity index (χ3v) is 4.22. The monoisotopic (exact) mass is 307 g/mol. The van der Waals surface area contributed by atoms with Crippen molar-refractivity contribution in [2.45, 2.75) is 13.5 Å². The number of carbonyl (C=O) groups is 1. The van der Waals surface area contributed by atoms with Crippen LogP contribution in [-0.2, 0) is 11.3 Å². The van der Waals surface area contributed by atoms with E-state index in [1.807, 2.05) is 60.4 Å². The van der Waals surface area contributed by atoms with E-state index in [-0.39, 0.29) is 5.91 Å². The van der Waals surface area contributed by atoms with Crippen LogP contribution in [0.3, 0.4) is 0 Å². The fourth-order valence-electron chi connectivity index (χ4n) is 2.92. The zero-order valence-corrected chi connectivity index (χ0v) is 13.7. The first-order chi connectivity index (χ1) is 11.1. The first kappa shape index (κ1) is 15.3. The molecule has 2 aromatic carbocycles. The summed E-state index contributed by atoms with van der Waals surface area (Å²) in [5, 5.41) is 2.00. The van der Waals surface area contributed by atoms with Gasteiger partial charge in [-0.3, -0.25) is 4.79 Å². The van der Waals surface area contributed by atoms with E-state index in [1.54, 1.807) is 6.92 Å². The van der Waals surface area contributed by atoms with Gasteiger partial charge in [0.15, 0.2) is 0 Å². The quantitative estimate of drug-likeness (QED) is 0.866. The number of nitrogens with zero attached hydrogens (tertiary/aromatic N) is 2. The van der Waals surface area contributed by atoms with Crippen molar-refractivity contribution < 1.29 is 4.79 Å². The molecule has 118 valence electrons. The van der Waals surface area contributed by atoms with Crippen molar-refractivity contribution in [3.8, 4) is 0 Å². The minimum atomic E-state index is 0.0473. The van der Waals surface area contributed by atoms with Crippen LogP contribution in [0.4, 0.5) is 5.69 Å². The summed E-state index contributed by atoms with van der Waals surface area (Å²) >= 11 is 0. The van der Waals surface area contributed by atoms with Crippen LogP contribution in [-0.4, -0.2) is 25.0 Å². The Morgan fingerprint density at radius 2 is 1.83 bits per heavy atom. The van der Waals surface area contributed by atoms with Crippen molar-refractivity contribution in [1.82, 2.24) is 10.4 Å². The second kappa shape index (κ2) is 6.26. The van der Waals surface area contributed by atoms with E-state index in [4.69, 9.17) is 0 Å². The van der Waals surface area contributed by atoms with Gasteiger partial charge in [-0.15, -0.1) is 0 Å². The molecule has 1 aliphatic heterocycles. The summed E-state index contributed by atoms with van der Waals surface area (Å²) in [6.45, 7) is 2.18. The molecule has 0 atom stereocenters. The lowest BCUT2D eigenvalue weighted by atomic mass is 9.98. The molecule has 0 radical (unpaired) electrons. The van der Waals surface area contributed by atoms with E-state index in [9.17, 15) is 4.79 Å². The van der Waals surface area contributed by atoms with Crippen molar-refractivity contribution in [2.24, 2.45) is 0 Å². The molecule has 0 bridgehead atoms. The number of hydrazine groups is 1. The molecule has 0 spiro atoms. The molecule has 1 amide bonds. The Kier molecular flexibility index (Phi) is 4.17. The van der Waals surface area contributed by atoms with Crippen molar-refractivity contribution >= 4 is 23.4 Å². The lowest BCUT2D eigenvalue weighted by Crippen LogP contribution is -2.33. The fraction of sp³-hybridized carbons (Fsp3) is 0.211. The lowest BCUT2D eigenvalue weighted by Gasteiger charge is -2.30. The standard InChI is InChI=1S/C19H21N3O/c1-14(23)22-13-16-9-4-6-10-17(16)19(21(3)20-2)12-15-8-5-7-11-18(15)22/h4-12,20H,13H2,1-3H3/b19-12+. The van der Waals surface area contributed by atoms with Crippen molar-refractivity contribution in [3.05, 3.63) is 65.2 Å². The van der Waals surface area contributed by atoms with Gasteiger partial charge in [0.1, 0.15) is 0 Å². The van der Waals surface area contributed by atoms with Crippen LogP contribution >= 0.6 is 0 Å². The summed E-state index contributed by atoms with van der Waals surface area (Å²) < 4.78 is 0. The molecule has 23 heavy (non-hydrogen) atoms. The summed E-state index contributed by atoms with van der Waals surface area (Å²) in [4.78, 5) is 14.0. The number of carbonyl (C=O) groups excluding carboxylic acids is 1. The van der Waals surface area contributed by atoms with Crippen LogP contribution in [0, 0.1) is 0 Å². The van der Waals surface area contributed by atoms with Crippen LogP contribution in [0.5, 0.6) is 0 Å². The van der Waals surface area contributed by atoms with Gasteiger partial charge in [0.25, 0.3) is 0 Å². The minimum absolute atomic E-state index is 0.0473. The zero-order valence-electron chi connectivity index (χ0n) is 13.7. The third-order valence-electron chi connectivity index (χ3n) is 4.22. The number of para-hydroxylation sites is 1. The van der Waals surface area contributed by atoms with Crippen molar-refractivity contribution in [1.29, 1.82) is 0 Å². The Balaban J connectivity index is 2.28. The topological polar surface area (TPSA) is 35.6 Å². The molecule has 1 aliphatic rings. The Morgan fingerprint density at radius 1 is 1.13 bits per heavy atom. The average molecular weight is 307 g/mol. The maximum absolute atomic E-state index is 12.2. The van der Waals surface area contributed by atoms with E-state index < -0.39 is 0 Å². The van der Waals surface area contributed by atoms with Gasteiger partial charge < -0.3 is 9.91 Å². The van der Waals surface area contributed by atoms with Crippen LogP contribution in [0.2, 0.25) is 0 Å². The number of fused-ring (bicyclic) bond motifs is 2. The van der Waals surface area contributed by atoms with Gasteiger partial charge >= 0.3 is 0 Å². The van der Waals surface area contributed by atoms with E-state index in [2.05, 4.69) is 23.6 Å². The smallest absolute Gasteiger partial charge is 0.224 e. The van der Waals surface area contributed by atoms with E-state index >= 15 is 0 Å². The van der Waals surface area contributed by atoms with E-state index in [0.29, 0.717) is 6.54 Å². The number of nitrogens with one attached hydrogen (secondary N) is 1. The normalized spacial score (nSPS) is 15.6. The highest BCUT2D eigenvalue weighted by molar-refractivity contribution is 5.97. The van der Waals surface area contributed by atoms with Gasteiger partial charge in [0.05, 0.1) is 17.9 Å². The highest BCUT2D eigenvalue weighted by Gasteiger charge is 2.21. The Bertz CT molecular complexity index is 767. The summed E-state index contributed by atoms with van der Waals surface area (Å²) in [5.74, 6) is 0.0473. The molecule has 4 heteroatoms. The lowest BCUT2D eigenvalue weighted by molar-refractivity contribution is -0.116. The summed E-state index contributed by atoms with van der Waals surface area (Å²) in [6, 6.07) is 16.2. The number of benzene rings is 2. The first-order valence-corrected chi connectivity index (χ1v) is 7.70. The average Bonchev–Trinajstić information content (AvgIpc) is 2.56. The van der Waals surface area contributed by atoms with E-state index in [0.717, 1.165) is 28.1 Å². The predicted molar refractivity (Wildman–Crippen MR) is 94.4 cm³/mol. The molecule has 0 aliphatic carbocycles. The maximum atomic E-state index is 12.2. The van der Waals surface area contributed by atoms with Gasteiger partial charge in [0, 0.05) is 32.1 Å². The highest BCUT2D eigenvalue weighted by atomic mass is 16.2. The van der Waals surface area contributed by atoms with Crippen LogP contribution in [0.15, 0.2) is 48.5 Å². The number of rotatable bonds is 2. The number of hydrogen-bond acceptors (Lipinski definition) is 3. The molecule has 1 heterocycles. The van der Waals surface area contributed by atoms with Gasteiger partial charge in [-0.2, -0.15) is 0 Å². The molecule has 0 saturated carbocycles. The third kappa shape index (κ3) is 2.85. The molecule has 2 aromatic rings. The largest absolute Gasteiger partial charge is 0.311 e. The SMILES string of the molecule is CNN(C)/C1=C/c2ccccc2N(C(C)=O)Cc2ccccc21. The van der Waals surface area contributed by atoms with E-state index in [1.165, 1.54) is 0 Å². The van der Waals surface area contributed by atoms with Crippen molar-refractivity contribution in [3.63, 3.8) is 0 Å².